The van der Waals surface area contributed by atoms with Gasteiger partial charge in [0.2, 0.25) is 0 Å². The van der Waals surface area contributed by atoms with Gasteiger partial charge in [0.15, 0.2) is 11.6 Å². The lowest BCUT2D eigenvalue weighted by atomic mass is 10.1. The minimum Gasteiger partial charge on any atom is -0.494 e. The van der Waals surface area contributed by atoms with Gasteiger partial charge in [0, 0.05) is 37.4 Å². The zero-order valence-electron chi connectivity index (χ0n) is 10.7. The summed E-state index contributed by atoms with van der Waals surface area (Å²) in [5.74, 6) is 0.861. The number of halogens is 1. The van der Waals surface area contributed by atoms with Crippen LogP contribution >= 0.6 is 0 Å². The molecule has 1 aliphatic carbocycles. The highest BCUT2D eigenvalue weighted by molar-refractivity contribution is 5.50. The molecule has 1 aromatic rings. The van der Waals surface area contributed by atoms with Gasteiger partial charge in [-0.05, 0) is 30.9 Å². The van der Waals surface area contributed by atoms with Gasteiger partial charge in [0.05, 0.1) is 7.11 Å². The summed E-state index contributed by atoms with van der Waals surface area (Å²) in [7, 11) is 1.49. The summed E-state index contributed by atoms with van der Waals surface area (Å²) in [4.78, 5) is 2.27. The molecule has 1 atom stereocenters. The van der Waals surface area contributed by atoms with E-state index in [0.717, 1.165) is 31.2 Å². The molecule has 1 aromatic carbocycles. The molecule has 1 aliphatic heterocycles. The van der Waals surface area contributed by atoms with Crippen LogP contribution in [-0.4, -0.2) is 32.8 Å². The van der Waals surface area contributed by atoms with Crippen molar-refractivity contribution in [2.45, 2.75) is 18.9 Å². The molecule has 0 amide bonds. The van der Waals surface area contributed by atoms with Gasteiger partial charge in [-0.15, -0.1) is 0 Å². The number of hydrogen-bond donors (Lipinski definition) is 1. The summed E-state index contributed by atoms with van der Waals surface area (Å²) in [5.41, 5.74) is 0.959. The van der Waals surface area contributed by atoms with E-state index in [2.05, 4.69) is 10.2 Å². The molecule has 98 valence electrons. The summed E-state index contributed by atoms with van der Waals surface area (Å²) in [6, 6.07) is 5.80. The molecule has 3 nitrogen and oxygen atoms in total. The first-order valence-corrected chi connectivity index (χ1v) is 6.60. The topological polar surface area (TPSA) is 24.5 Å². The minimum absolute atomic E-state index is 0.281. The van der Waals surface area contributed by atoms with Crippen LogP contribution in [-0.2, 0) is 0 Å². The Bertz CT molecular complexity index is 434. The van der Waals surface area contributed by atoms with Crippen LogP contribution in [0.1, 0.15) is 12.8 Å². The Kier molecular flexibility index (Phi) is 3.12. The van der Waals surface area contributed by atoms with Crippen molar-refractivity contribution in [3.05, 3.63) is 24.0 Å². The van der Waals surface area contributed by atoms with Crippen LogP contribution in [0.25, 0.3) is 0 Å². The van der Waals surface area contributed by atoms with E-state index in [9.17, 15) is 4.39 Å². The number of benzene rings is 1. The molecule has 0 aromatic heterocycles. The zero-order valence-corrected chi connectivity index (χ0v) is 10.7. The Labute approximate surface area is 107 Å². The fourth-order valence-corrected chi connectivity index (χ4v) is 2.68. The third-order valence-electron chi connectivity index (χ3n) is 3.90. The standard InChI is InChI=1S/C14H19FN2O/c1-18-14-5-4-11(8-12(14)15)17-7-6-16-13(9-17)10-2-3-10/h4-5,8,10,13,16H,2-3,6-7,9H2,1H3. The molecular weight excluding hydrogens is 231 g/mol. The molecule has 4 heteroatoms. The Hall–Kier alpha value is -1.29. The number of anilines is 1. The Morgan fingerprint density at radius 1 is 1.39 bits per heavy atom. The summed E-state index contributed by atoms with van der Waals surface area (Å²) in [6.45, 7) is 2.90. The molecule has 3 rings (SSSR count). The van der Waals surface area contributed by atoms with Gasteiger partial charge < -0.3 is 15.0 Å². The van der Waals surface area contributed by atoms with Crippen LogP contribution in [0.5, 0.6) is 5.75 Å². The smallest absolute Gasteiger partial charge is 0.167 e. The number of nitrogens with zero attached hydrogens (tertiary/aromatic N) is 1. The number of ether oxygens (including phenoxy) is 1. The molecule has 1 saturated carbocycles. The Morgan fingerprint density at radius 2 is 2.22 bits per heavy atom. The van der Waals surface area contributed by atoms with E-state index in [1.807, 2.05) is 6.07 Å². The quantitative estimate of drug-likeness (QED) is 0.888. The molecule has 0 bridgehead atoms. The second kappa shape index (κ2) is 4.76. The molecule has 1 saturated heterocycles. The van der Waals surface area contributed by atoms with Gasteiger partial charge in [-0.1, -0.05) is 0 Å². The largest absolute Gasteiger partial charge is 0.494 e. The van der Waals surface area contributed by atoms with Crippen LogP contribution in [0.15, 0.2) is 18.2 Å². The monoisotopic (exact) mass is 250 g/mol. The van der Waals surface area contributed by atoms with Crippen molar-refractivity contribution < 1.29 is 9.13 Å². The van der Waals surface area contributed by atoms with Gasteiger partial charge in [0.25, 0.3) is 0 Å². The predicted molar refractivity (Wildman–Crippen MR) is 69.7 cm³/mol. The average molecular weight is 250 g/mol. The average Bonchev–Trinajstić information content (AvgIpc) is 3.23. The van der Waals surface area contributed by atoms with E-state index in [4.69, 9.17) is 4.74 Å². The Balaban J connectivity index is 1.74. The highest BCUT2D eigenvalue weighted by Crippen LogP contribution is 2.34. The zero-order chi connectivity index (χ0) is 12.5. The number of rotatable bonds is 3. The van der Waals surface area contributed by atoms with E-state index in [-0.39, 0.29) is 5.82 Å². The van der Waals surface area contributed by atoms with Crippen LogP contribution in [0.2, 0.25) is 0 Å². The van der Waals surface area contributed by atoms with Crippen LogP contribution in [0.3, 0.4) is 0 Å². The Morgan fingerprint density at radius 3 is 2.89 bits per heavy atom. The fraction of sp³-hybridized carbons (Fsp3) is 0.571. The van der Waals surface area contributed by atoms with E-state index < -0.39 is 0 Å². The first-order valence-electron chi connectivity index (χ1n) is 6.60. The molecule has 2 aliphatic rings. The predicted octanol–water partition coefficient (Wildman–Crippen LogP) is 2.02. The van der Waals surface area contributed by atoms with Gasteiger partial charge in [-0.25, -0.2) is 4.39 Å². The lowest BCUT2D eigenvalue weighted by Gasteiger charge is -2.35. The third kappa shape index (κ3) is 2.29. The summed E-state index contributed by atoms with van der Waals surface area (Å²) in [6.07, 6.45) is 2.67. The number of methoxy groups -OCH3 is 1. The highest BCUT2D eigenvalue weighted by atomic mass is 19.1. The van der Waals surface area contributed by atoms with Crippen molar-refractivity contribution in [3.8, 4) is 5.75 Å². The fourth-order valence-electron chi connectivity index (χ4n) is 2.68. The molecule has 18 heavy (non-hydrogen) atoms. The number of nitrogens with one attached hydrogen (secondary N) is 1. The maximum atomic E-state index is 13.7. The van der Waals surface area contributed by atoms with E-state index in [1.54, 1.807) is 12.1 Å². The first kappa shape index (κ1) is 11.8. The molecule has 1 heterocycles. The summed E-state index contributed by atoms with van der Waals surface area (Å²) in [5, 5.41) is 3.56. The summed E-state index contributed by atoms with van der Waals surface area (Å²) < 4.78 is 18.7. The van der Waals surface area contributed by atoms with Crippen LogP contribution < -0.4 is 15.0 Å². The van der Waals surface area contributed by atoms with E-state index >= 15 is 0 Å². The number of piperazine rings is 1. The van der Waals surface area contributed by atoms with Gasteiger partial charge >= 0.3 is 0 Å². The minimum atomic E-state index is -0.281. The van der Waals surface area contributed by atoms with Crippen LogP contribution in [0.4, 0.5) is 10.1 Å². The normalized spacial score (nSPS) is 24.1. The molecule has 2 fully saturated rings. The number of hydrogen-bond acceptors (Lipinski definition) is 3. The maximum absolute atomic E-state index is 13.7. The van der Waals surface area contributed by atoms with E-state index in [0.29, 0.717) is 11.8 Å². The van der Waals surface area contributed by atoms with Crippen molar-refractivity contribution >= 4 is 5.69 Å². The third-order valence-corrected chi connectivity index (χ3v) is 3.90. The molecular formula is C14H19FN2O. The van der Waals surface area contributed by atoms with Crippen molar-refractivity contribution in [3.63, 3.8) is 0 Å². The van der Waals surface area contributed by atoms with Crippen LogP contribution in [0, 0.1) is 11.7 Å². The van der Waals surface area contributed by atoms with Crippen molar-refractivity contribution in [1.29, 1.82) is 0 Å². The molecule has 1 unspecified atom stereocenters. The van der Waals surface area contributed by atoms with Gasteiger partial charge in [0.1, 0.15) is 0 Å². The SMILES string of the molecule is COc1ccc(N2CCNC(C3CC3)C2)cc1F. The lowest BCUT2D eigenvalue weighted by molar-refractivity contribution is 0.385. The van der Waals surface area contributed by atoms with Crippen molar-refractivity contribution in [1.82, 2.24) is 5.32 Å². The van der Waals surface area contributed by atoms with Gasteiger partial charge in [-0.3, -0.25) is 0 Å². The molecule has 1 N–H and O–H groups in total. The van der Waals surface area contributed by atoms with E-state index in [1.165, 1.54) is 20.0 Å². The maximum Gasteiger partial charge on any atom is 0.167 e. The highest BCUT2D eigenvalue weighted by Gasteiger charge is 2.34. The first-order chi connectivity index (χ1) is 8.78. The summed E-state index contributed by atoms with van der Waals surface area (Å²) >= 11 is 0. The molecule has 0 spiro atoms. The lowest BCUT2D eigenvalue weighted by Crippen LogP contribution is -2.51. The second-order valence-corrected chi connectivity index (χ2v) is 5.16. The second-order valence-electron chi connectivity index (χ2n) is 5.16. The molecule has 0 radical (unpaired) electrons. The van der Waals surface area contributed by atoms with Crippen molar-refractivity contribution in [2.75, 3.05) is 31.6 Å². The van der Waals surface area contributed by atoms with Gasteiger partial charge in [-0.2, -0.15) is 0 Å². The van der Waals surface area contributed by atoms with Crippen molar-refractivity contribution in [2.24, 2.45) is 5.92 Å².